The predicted molar refractivity (Wildman–Crippen MR) is 139 cm³/mol. The van der Waals surface area contributed by atoms with E-state index in [1.165, 1.54) is 29.3 Å². The van der Waals surface area contributed by atoms with Crippen LogP contribution in [0.4, 0.5) is 5.69 Å². The molecule has 5 rings (SSSR count). The number of hydrogen-bond acceptors (Lipinski definition) is 8. The van der Waals surface area contributed by atoms with Gasteiger partial charge in [0.2, 0.25) is 0 Å². The molecule has 198 valence electrons. The van der Waals surface area contributed by atoms with Crippen LogP contribution in [0.2, 0.25) is 0 Å². The SMILES string of the molecule is COc1ccc2cccc(CC[N+]3(CN)CNCN4CCC43)c2c1.O=[N+]([O-])c1ccc(S(=O)(=O)O)cc1. The lowest BCUT2D eigenvalue weighted by molar-refractivity contribution is -0.977. The Morgan fingerprint density at radius 2 is 1.97 bits per heavy atom. The summed E-state index contributed by atoms with van der Waals surface area (Å²) in [6.07, 6.45) is 2.90. The van der Waals surface area contributed by atoms with Crippen LogP contribution in [0, 0.1) is 10.1 Å². The van der Waals surface area contributed by atoms with Crippen molar-refractivity contribution >= 4 is 26.6 Å². The van der Waals surface area contributed by atoms with Gasteiger partial charge in [-0.3, -0.25) is 30.2 Å². The fourth-order valence-electron chi connectivity index (χ4n) is 5.00. The number of nitrogens with one attached hydrogen (secondary N) is 1. The molecule has 0 aromatic heterocycles. The molecule has 4 N–H and O–H groups in total. The van der Waals surface area contributed by atoms with Gasteiger partial charge in [0.25, 0.3) is 15.8 Å². The molecule has 0 saturated carbocycles. The molecule has 0 amide bonds. The second-order valence-corrected chi connectivity index (χ2v) is 10.7. The second-order valence-electron chi connectivity index (χ2n) is 9.25. The normalized spacial score (nSPS) is 21.3. The maximum absolute atomic E-state index is 10.5. The number of fused-ring (bicyclic) bond motifs is 2. The number of methoxy groups -OCH3 is 1. The molecule has 2 aliphatic rings. The first kappa shape index (κ1) is 26.9. The second kappa shape index (κ2) is 11.1. The summed E-state index contributed by atoms with van der Waals surface area (Å²) < 4.78 is 35.9. The van der Waals surface area contributed by atoms with Gasteiger partial charge in [-0.05, 0) is 40.6 Å². The van der Waals surface area contributed by atoms with Crippen molar-refractivity contribution in [2.45, 2.75) is 23.9 Å². The topological polar surface area (TPSA) is 148 Å². The smallest absolute Gasteiger partial charge is 0.294 e. The number of nitro benzene ring substituents is 1. The molecule has 0 aliphatic carbocycles. The van der Waals surface area contributed by atoms with Crippen molar-refractivity contribution < 1.29 is 27.1 Å². The number of rotatable bonds is 7. The van der Waals surface area contributed by atoms with Gasteiger partial charge < -0.3 is 4.74 Å². The van der Waals surface area contributed by atoms with Crippen molar-refractivity contribution in [1.82, 2.24) is 10.2 Å². The van der Waals surface area contributed by atoms with Gasteiger partial charge in [-0.1, -0.05) is 24.3 Å². The summed E-state index contributed by atoms with van der Waals surface area (Å²) in [5.74, 6) is 0.919. The monoisotopic (exact) mass is 530 g/mol. The Morgan fingerprint density at radius 3 is 2.57 bits per heavy atom. The van der Waals surface area contributed by atoms with Crippen LogP contribution in [0.15, 0.2) is 65.6 Å². The van der Waals surface area contributed by atoms with Crippen molar-refractivity contribution in [3.63, 3.8) is 0 Å². The van der Waals surface area contributed by atoms with Crippen molar-refractivity contribution in [3.8, 4) is 5.75 Å². The average Bonchev–Trinajstić information content (AvgIpc) is 2.88. The highest BCUT2D eigenvalue weighted by Gasteiger charge is 2.47. The molecular weight excluding hydrogens is 498 g/mol. The van der Waals surface area contributed by atoms with E-state index in [0.717, 1.165) is 60.8 Å². The zero-order valence-electron chi connectivity index (χ0n) is 20.6. The van der Waals surface area contributed by atoms with Crippen molar-refractivity contribution in [1.29, 1.82) is 0 Å². The molecule has 2 aliphatic heterocycles. The average molecular weight is 531 g/mol. The van der Waals surface area contributed by atoms with Gasteiger partial charge in [-0.2, -0.15) is 8.42 Å². The first-order valence-corrected chi connectivity index (χ1v) is 13.4. The highest BCUT2D eigenvalue weighted by atomic mass is 32.2. The zero-order valence-corrected chi connectivity index (χ0v) is 21.4. The lowest BCUT2D eigenvalue weighted by atomic mass is 10.00. The van der Waals surface area contributed by atoms with E-state index in [2.05, 4.69) is 40.5 Å². The molecule has 3 aromatic rings. The number of hydrogen-bond donors (Lipinski definition) is 3. The van der Waals surface area contributed by atoms with Gasteiger partial charge >= 0.3 is 0 Å². The summed E-state index contributed by atoms with van der Waals surface area (Å²) in [6, 6.07) is 16.8. The summed E-state index contributed by atoms with van der Waals surface area (Å²) in [5, 5.41) is 16.3. The largest absolute Gasteiger partial charge is 0.497 e. The number of nitrogens with zero attached hydrogens (tertiary/aromatic N) is 3. The van der Waals surface area contributed by atoms with Crippen LogP contribution < -0.4 is 15.8 Å². The molecule has 0 spiro atoms. The summed E-state index contributed by atoms with van der Waals surface area (Å²) in [5.41, 5.74) is 7.39. The third-order valence-electron chi connectivity index (χ3n) is 7.18. The van der Waals surface area contributed by atoms with Gasteiger partial charge in [0.05, 0.1) is 30.1 Å². The van der Waals surface area contributed by atoms with E-state index in [4.69, 9.17) is 15.0 Å². The highest BCUT2D eigenvalue weighted by molar-refractivity contribution is 7.85. The van der Waals surface area contributed by atoms with Gasteiger partial charge in [-0.25, -0.2) is 4.90 Å². The number of ether oxygens (including phenoxy) is 1. The van der Waals surface area contributed by atoms with Crippen LogP contribution in [0.1, 0.15) is 12.0 Å². The Morgan fingerprint density at radius 1 is 1.22 bits per heavy atom. The molecule has 2 atom stereocenters. The lowest BCUT2D eigenvalue weighted by Gasteiger charge is -2.56. The summed E-state index contributed by atoms with van der Waals surface area (Å²) >= 11 is 0. The number of non-ortho nitro benzene ring substituents is 1. The molecule has 12 heteroatoms. The van der Waals surface area contributed by atoms with Crippen molar-refractivity contribution in [2.75, 3.05) is 40.2 Å². The van der Waals surface area contributed by atoms with Gasteiger partial charge in [0.1, 0.15) is 25.3 Å². The minimum Gasteiger partial charge on any atom is -0.497 e. The number of benzene rings is 3. The van der Waals surface area contributed by atoms with E-state index in [0.29, 0.717) is 12.8 Å². The standard InChI is InChI=1S/C19H27N4O.C6H5NO5S/c1-24-17-6-5-15-3-2-4-16(18(15)11-17)8-10-23(12-20)14-21-13-22-9-7-19(22)23;8-7(9)5-1-3-6(4-2-5)13(10,11)12/h2-6,11,19,21H,7-10,12-14,20H2,1H3;1-4H,(H,10,11,12)/q+1;. The van der Waals surface area contributed by atoms with Crippen LogP contribution in [0.25, 0.3) is 10.8 Å². The highest BCUT2D eigenvalue weighted by Crippen LogP contribution is 2.31. The maximum atomic E-state index is 10.5. The van der Waals surface area contributed by atoms with E-state index in [1.807, 2.05) is 6.07 Å². The summed E-state index contributed by atoms with van der Waals surface area (Å²) in [4.78, 5) is 11.7. The Bertz CT molecular complexity index is 1370. The molecule has 0 bridgehead atoms. The molecule has 2 unspecified atom stereocenters. The number of nitrogens with two attached hydrogens (primary N) is 1. The van der Waals surface area contributed by atoms with Crippen molar-refractivity contribution in [2.24, 2.45) is 5.73 Å². The first-order valence-electron chi connectivity index (χ1n) is 11.9. The van der Waals surface area contributed by atoms with Crippen LogP contribution >= 0.6 is 0 Å². The fraction of sp³-hybridized carbons (Fsp3) is 0.360. The molecule has 0 radical (unpaired) electrons. The summed E-state index contributed by atoms with van der Waals surface area (Å²) in [6.45, 7) is 4.95. The van der Waals surface area contributed by atoms with Crippen molar-refractivity contribution in [3.05, 3.63) is 76.3 Å². The Kier molecular flexibility index (Phi) is 8.07. The molecule has 2 heterocycles. The van der Waals surface area contributed by atoms with E-state index in [1.54, 1.807) is 7.11 Å². The van der Waals surface area contributed by atoms with E-state index in [-0.39, 0.29) is 10.6 Å². The zero-order chi connectivity index (χ0) is 26.6. The van der Waals surface area contributed by atoms with Crippen LogP contribution in [0.5, 0.6) is 5.75 Å². The maximum Gasteiger partial charge on any atom is 0.294 e. The van der Waals surface area contributed by atoms with E-state index < -0.39 is 15.0 Å². The van der Waals surface area contributed by atoms with Crippen LogP contribution in [0.3, 0.4) is 0 Å². The minimum absolute atomic E-state index is 0.229. The molecule has 11 nitrogen and oxygen atoms in total. The first-order chi connectivity index (χ1) is 17.7. The third-order valence-corrected chi connectivity index (χ3v) is 8.05. The minimum atomic E-state index is -4.27. The third kappa shape index (κ3) is 5.90. The molecule has 2 fully saturated rings. The van der Waals surface area contributed by atoms with Crippen LogP contribution in [-0.2, 0) is 16.5 Å². The predicted octanol–water partition coefficient (Wildman–Crippen LogP) is 2.52. The van der Waals surface area contributed by atoms with E-state index in [9.17, 15) is 18.5 Å². The summed E-state index contributed by atoms with van der Waals surface area (Å²) in [7, 11) is -2.54. The van der Waals surface area contributed by atoms with Crippen LogP contribution in [-0.4, -0.2) is 73.6 Å². The number of quaternary nitrogens is 1. The van der Waals surface area contributed by atoms with E-state index >= 15 is 0 Å². The molecule has 37 heavy (non-hydrogen) atoms. The lowest BCUT2D eigenvalue weighted by Crippen LogP contribution is -2.77. The Labute approximate surface area is 215 Å². The van der Waals surface area contributed by atoms with Gasteiger partial charge in [0, 0.05) is 31.5 Å². The molecule has 3 aromatic carbocycles. The quantitative estimate of drug-likeness (QED) is 0.181. The van der Waals surface area contributed by atoms with Gasteiger partial charge in [-0.15, -0.1) is 0 Å². The number of nitro groups is 1. The van der Waals surface area contributed by atoms with Gasteiger partial charge in [0.15, 0.2) is 0 Å². The molecule has 2 saturated heterocycles. The molecular formula is C25H32N5O6S+. The fourth-order valence-corrected chi connectivity index (χ4v) is 5.48. The Balaban J connectivity index is 0.000000209. The Hall–Kier alpha value is -3.13.